The Balaban J connectivity index is 0.00000360. The van der Waals surface area contributed by atoms with Crippen LogP contribution in [0.2, 0.25) is 0 Å². The van der Waals surface area contributed by atoms with E-state index in [1.807, 2.05) is 0 Å². The fourth-order valence-electron chi connectivity index (χ4n) is 4.98. The minimum Gasteiger partial charge on any atom is -0.858 e. The molecule has 2 aliphatic rings. The van der Waals surface area contributed by atoms with Crippen molar-refractivity contribution in [1.29, 1.82) is 0 Å². The zero-order valence-corrected chi connectivity index (χ0v) is 33.3. The number of aliphatic imine (C=N–C) groups is 1. The molecule has 274 valence electrons. The molecule has 22 nitrogen and oxygen atoms in total. The third-order valence-corrected chi connectivity index (χ3v) is 7.57. The maximum atomic E-state index is 13.1. The molecule has 2 unspecified atom stereocenters. The number of nitrogens with zero attached hydrogens (tertiary/aromatic N) is 11. The van der Waals surface area contributed by atoms with Crippen LogP contribution < -0.4 is 79.3 Å². The number of hydrogen-bond acceptors (Lipinski definition) is 17. The van der Waals surface area contributed by atoms with Gasteiger partial charge in [-0.2, -0.15) is 40.7 Å². The average molecular weight is 792 g/mol. The molecule has 57 heavy (non-hydrogen) atoms. The Morgan fingerprint density at radius 1 is 0.649 bits per heavy atom. The number of carbonyl (C=O) groups is 4. The molecule has 2 atom stereocenters. The van der Waals surface area contributed by atoms with Crippen molar-refractivity contribution in [2.45, 2.75) is 12.1 Å². The number of rotatable bonds is 12. The maximum absolute atomic E-state index is 13.1. The smallest absolute Gasteiger partial charge is 0.858 e. The molecule has 4 aromatic rings. The van der Waals surface area contributed by atoms with E-state index in [1.165, 1.54) is 84.9 Å². The van der Waals surface area contributed by atoms with Crippen LogP contribution in [0.4, 0.5) is 39.8 Å². The normalized spacial score (nSPS) is 16.6. The number of nitro groups is 2. The Labute approximate surface area is 362 Å². The number of carboxylic acid groups (broad SMARTS) is 2. The van der Waals surface area contributed by atoms with Crippen LogP contribution in [0.3, 0.4) is 0 Å². The monoisotopic (exact) mass is 791 g/mol. The summed E-state index contributed by atoms with van der Waals surface area (Å²) in [6, 6.07) is 17.3. The molecule has 0 aliphatic carbocycles. The van der Waals surface area contributed by atoms with Gasteiger partial charge in [-0.15, -0.1) is 0 Å². The number of hydrazone groups is 2. The number of non-ortho nitro benzene ring substituents is 2. The first-order valence-electron chi connectivity index (χ1n) is 15.4. The third-order valence-electron chi connectivity index (χ3n) is 7.57. The molecule has 0 spiro atoms. The van der Waals surface area contributed by atoms with E-state index >= 15 is 0 Å². The molecule has 4 aromatic carbocycles. The van der Waals surface area contributed by atoms with E-state index in [9.17, 15) is 54.7 Å². The predicted molar refractivity (Wildman–Crippen MR) is 184 cm³/mol. The number of anilines is 2. The van der Waals surface area contributed by atoms with Crippen molar-refractivity contribution in [1.82, 2.24) is 0 Å². The van der Waals surface area contributed by atoms with E-state index < -0.39 is 63.0 Å². The number of azo groups is 2. The van der Waals surface area contributed by atoms with Crippen molar-refractivity contribution in [3.05, 3.63) is 123 Å². The topological polar surface area (TPSA) is 314 Å². The van der Waals surface area contributed by atoms with E-state index in [4.69, 9.17) is 0 Å². The van der Waals surface area contributed by atoms with Gasteiger partial charge in [0.15, 0.2) is 11.8 Å². The van der Waals surface area contributed by atoms with Gasteiger partial charge in [-0.05, 0) is 53.9 Å². The van der Waals surface area contributed by atoms with E-state index in [1.54, 1.807) is 0 Å². The average Bonchev–Trinajstić information content (AvgIpc) is 3.69. The Morgan fingerprint density at radius 3 is 1.63 bits per heavy atom. The van der Waals surface area contributed by atoms with Gasteiger partial charge >= 0.3 is 65.1 Å². The first kappa shape index (κ1) is 43.3. The molecule has 24 heteroatoms. The molecule has 0 radical (unpaired) electrons. The van der Waals surface area contributed by atoms with Crippen LogP contribution in [0.25, 0.3) is 0 Å². The first-order chi connectivity index (χ1) is 26.3. The Morgan fingerprint density at radius 2 is 1.12 bits per heavy atom. The number of benzene rings is 4. The quantitative estimate of drug-likeness (QED) is 0.0366. The Hall–Kier alpha value is -6.43. The molecule has 0 saturated heterocycles. The van der Waals surface area contributed by atoms with Crippen LogP contribution in [0.15, 0.2) is 133 Å². The van der Waals surface area contributed by atoms with Crippen LogP contribution in [-0.2, 0) is 19.2 Å². The van der Waals surface area contributed by atoms with Crippen molar-refractivity contribution in [2.24, 2.45) is 35.7 Å². The van der Waals surface area contributed by atoms with Crippen LogP contribution >= 0.6 is 0 Å². The minimum absolute atomic E-state index is 0. The molecule has 0 bridgehead atoms. The van der Waals surface area contributed by atoms with Crippen molar-refractivity contribution in [2.75, 3.05) is 10.0 Å². The van der Waals surface area contributed by atoms with Gasteiger partial charge in [-0.25, -0.2) is 4.79 Å². The molecule has 0 fully saturated rings. The van der Waals surface area contributed by atoms with E-state index in [-0.39, 0.29) is 104 Å². The zero-order valence-electron chi connectivity index (χ0n) is 29.3. The Bertz CT molecular complexity index is 2460. The maximum Gasteiger partial charge on any atom is 1.00 e. The largest absolute Gasteiger partial charge is 1.00 e. The predicted octanol–water partition coefficient (Wildman–Crippen LogP) is -3.51. The molecule has 2 amide bonds. The van der Waals surface area contributed by atoms with Gasteiger partial charge in [0.2, 0.25) is 6.04 Å². The second-order valence-electron chi connectivity index (χ2n) is 11.1. The zero-order chi connectivity index (χ0) is 39.4. The van der Waals surface area contributed by atoms with Crippen molar-refractivity contribution < 1.29 is 103 Å². The number of carbonyl (C=O) groups excluding carboxylic acids is 3. The molecule has 2 aliphatic heterocycles. The summed E-state index contributed by atoms with van der Waals surface area (Å²) in [6.45, 7) is 0. The Kier molecular flexibility index (Phi) is 14.0. The number of aliphatic carboxylic acids is 2. The molecule has 1 N–H and O–H groups in total. The van der Waals surface area contributed by atoms with Gasteiger partial charge in [0, 0.05) is 24.3 Å². The third kappa shape index (κ3) is 9.69. The summed E-state index contributed by atoms with van der Waals surface area (Å²) in [4.78, 5) is 74.5. The van der Waals surface area contributed by atoms with Crippen LogP contribution in [-0.4, -0.2) is 68.1 Å². The van der Waals surface area contributed by atoms with Crippen LogP contribution in [0.5, 0.6) is 0 Å². The second kappa shape index (κ2) is 18.5. The standard InChI is InChI=1S/C33H21N11O11.2Na/c45-29(17-10-12-18(13-11-17)35-37-25-27(32(48)49)39-41(30(25)46)21-6-2-8-23(15-21)43(52)53)34-19-4-1-5-20(14-19)36-38-26-28(33(50)51)40-42(31(26)47)22-7-3-9-24(16-22)44(54)55;;/h1-16,25-26H,(H,34,45)(H,48,49)(H,50,51);;/q;2*+1/p-2. The van der Waals surface area contributed by atoms with Crippen molar-refractivity contribution >= 4 is 80.9 Å². The summed E-state index contributed by atoms with van der Waals surface area (Å²) in [5, 5.41) is 80.8. The first-order valence-corrected chi connectivity index (χ1v) is 15.4. The minimum atomic E-state index is -1.81. The number of nitro benzene ring substituents is 2. The van der Waals surface area contributed by atoms with Gasteiger partial charge in [-0.3, -0.25) is 34.8 Å². The molecular weight excluding hydrogens is 772 g/mol. The second-order valence-corrected chi connectivity index (χ2v) is 11.1. The number of carboxylic acids is 2. The van der Waals surface area contributed by atoms with Gasteiger partial charge in [-0.1, -0.05) is 30.3 Å². The molecule has 0 aromatic heterocycles. The summed E-state index contributed by atoms with van der Waals surface area (Å²) in [5.41, 5.74) is -1.92. The fourth-order valence-corrected chi connectivity index (χ4v) is 4.98. The van der Waals surface area contributed by atoms with Gasteiger partial charge in [0.1, 0.15) is 5.71 Å². The summed E-state index contributed by atoms with van der Waals surface area (Å²) in [7, 11) is 0. The van der Waals surface area contributed by atoms with Crippen LogP contribution in [0, 0.1) is 20.2 Å². The molecule has 2 heterocycles. The van der Waals surface area contributed by atoms with Gasteiger partial charge in [0.05, 0.1) is 44.3 Å². The summed E-state index contributed by atoms with van der Waals surface area (Å²) >= 11 is 0. The van der Waals surface area contributed by atoms with E-state index in [2.05, 4.69) is 35.7 Å². The van der Waals surface area contributed by atoms with Gasteiger partial charge in [0.25, 0.3) is 23.2 Å². The molecular formula is C33H19N11Na2O11. The fraction of sp³-hybridized carbons (Fsp3) is 0.0606. The summed E-state index contributed by atoms with van der Waals surface area (Å²) < 4.78 is 0. The van der Waals surface area contributed by atoms with Crippen molar-refractivity contribution in [3.63, 3.8) is 0 Å². The number of hydrogen-bond donors (Lipinski definition) is 1. The van der Waals surface area contributed by atoms with Crippen molar-refractivity contribution in [3.8, 4) is 0 Å². The summed E-state index contributed by atoms with van der Waals surface area (Å²) in [5.74, 6) is -5.98. The number of amides is 2. The van der Waals surface area contributed by atoms with Gasteiger partial charge < -0.3 is 20.1 Å². The van der Waals surface area contributed by atoms with E-state index in [0.717, 1.165) is 12.1 Å². The van der Waals surface area contributed by atoms with Crippen LogP contribution in [0.1, 0.15) is 5.56 Å². The van der Waals surface area contributed by atoms with E-state index in [0.29, 0.717) is 10.0 Å². The molecule has 6 rings (SSSR count). The SMILES string of the molecule is O=C([O-])C1=NN(c2cccc([N+](=O)[O-])c2)C(=O)C1N=Nc1ccc(C([O-])=Nc2cccc(N=NC3C(=O)N(c4cccc([N+](=O)[O-])c4)N=C3C(=O)O)c2)cc1.[Na+].[Na+]. The molecule has 0 saturated carbocycles. The summed E-state index contributed by atoms with van der Waals surface area (Å²) in [6.07, 6.45) is 0.